The quantitative estimate of drug-likeness (QED) is 0.501. The predicted octanol–water partition coefficient (Wildman–Crippen LogP) is 4.97. The number of fused-ring (bicyclic) bond motifs is 5. The van der Waals surface area contributed by atoms with Crippen molar-refractivity contribution >= 4 is 10.0 Å². The van der Waals surface area contributed by atoms with Gasteiger partial charge in [-0.3, -0.25) is 0 Å². The molecule has 4 saturated carbocycles. The van der Waals surface area contributed by atoms with Gasteiger partial charge in [-0.25, -0.2) is 13.1 Å². The van der Waals surface area contributed by atoms with E-state index in [4.69, 9.17) is 0 Å². The molecule has 4 fully saturated rings. The second-order valence-corrected chi connectivity index (χ2v) is 16.6. The van der Waals surface area contributed by atoms with E-state index in [0.29, 0.717) is 36.1 Å². The summed E-state index contributed by atoms with van der Waals surface area (Å²) in [5, 5.41) is 22.3. The maximum atomic E-state index is 12.7. The lowest BCUT2D eigenvalue weighted by molar-refractivity contribution is -0.203. The number of aliphatic hydroxyl groups is 2. The Kier molecular flexibility index (Phi) is 7.11. The third kappa shape index (κ3) is 4.11. The van der Waals surface area contributed by atoms with Gasteiger partial charge in [0.25, 0.3) is 0 Å². The second kappa shape index (κ2) is 8.99. The maximum absolute atomic E-state index is 12.7. The minimum absolute atomic E-state index is 0.157. The van der Waals surface area contributed by atoms with E-state index in [1.165, 1.54) is 6.42 Å². The first-order chi connectivity index (χ1) is 15.7. The molecule has 4 rings (SSSR count). The van der Waals surface area contributed by atoms with E-state index in [0.717, 1.165) is 44.9 Å². The molecule has 0 bridgehead atoms. The van der Waals surface area contributed by atoms with Gasteiger partial charge in [0.1, 0.15) is 0 Å². The van der Waals surface area contributed by atoms with Crippen LogP contribution in [0.1, 0.15) is 99.8 Å². The first kappa shape index (κ1) is 26.9. The average Bonchev–Trinajstić information content (AvgIpc) is 3.10. The highest BCUT2D eigenvalue weighted by Gasteiger charge is 2.64. The fourth-order valence-electron chi connectivity index (χ4n) is 9.53. The van der Waals surface area contributed by atoms with Gasteiger partial charge in [-0.2, -0.15) is 0 Å². The van der Waals surface area contributed by atoms with Crippen LogP contribution in [0.2, 0.25) is 0 Å². The van der Waals surface area contributed by atoms with E-state index in [-0.39, 0.29) is 34.9 Å². The molecule has 0 saturated heterocycles. The standard InChI is InChI=1S/C28H51NO4S/c1-8-19-23-15-18(30)11-13-28(23,7)22-12-14-27(6)20(9-10-21(27)24(22)25(19)31)17(2)16-29-34(32,33)26(3,4)5/h17-25,29-31H,8-16H2,1-7H3/t17-,18-,19-,20-,21+,22+,23?,24?,25-,27?,28?/m1/s1. The molecule has 6 heteroatoms. The zero-order valence-electron chi connectivity index (χ0n) is 22.7. The maximum Gasteiger partial charge on any atom is 0.216 e. The van der Waals surface area contributed by atoms with Gasteiger partial charge in [-0.05, 0) is 118 Å². The van der Waals surface area contributed by atoms with E-state index >= 15 is 0 Å². The lowest BCUT2D eigenvalue weighted by Crippen LogP contribution is -2.62. The molecule has 0 aromatic heterocycles. The Balaban J connectivity index is 1.56. The van der Waals surface area contributed by atoms with Crippen LogP contribution in [-0.2, 0) is 10.0 Å². The molecule has 5 nitrogen and oxygen atoms in total. The topological polar surface area (TPSA) is 86.6 Å². The van der Waals surface area contributed by atoms with Crippen molar-refractivity contribution in [1.82, 2.24) is 4.72 Å². The number of nitrogens with one attached hydrogen (secondary N) is 1. The second-order valence-electron chi connectivity index (χ2n) is 14.1. The van der Waals surface area contributed by atoms with Crippen molar-refractivity contribution in [3.05, 3.63) is 0 Å². The highest BCUT2D eigenvalue weighted by atomic mass is 32.2. The van der Waals surface area contributed by atoms with Gasteiger partial charge in [-0.15, -0.1) is 0 Å². The molecule has 0 spiro atoms. The Labute approximate surface area is 208 Å². The molecular formula is C28H51NO4S. The fourth-order valence-corrected chi connectivity index (χ4v) is 10.4. The van der Waals surface area contributed by atoms with E-state index < -0.39 is 14.8 Å². The third-order valence-electron chi connectivity index (χ3n) is 11.6. The molecule has 0 aromatic carbocycles. The van der Waals surface area contributed by atoms with Crippen LogP contribution in [0.25, 0.3) is 0 Å². The Morgan fingerprint density at radius 3 is 2.21 bits per heavy atom. The van der Waals surface area contributed by atoms with Crippen molar-refractivity contribution in [2.45, 2.75) is 117 Å². The van der Waals surface area contributed by atoms with Crippen LogP contribution in [-0.4, -0.2) is 42.1 Å². The zero-order valence-corrected chi connectivity index (χ0v) is 23.5. The van der Waals surface area contributed by atoms with Gasteiger partial charge in [0, 0.05) is 6.54 Å². The van der Waals surface area contributed by atoms with Crippen LogP contribution in [0.5, 0.6) is 0 Å². The fraction of sp³-hybridized carbons (Fsp3) is 1.00. The largest absolute Gasteiger partial charge is 0.393 e. The lowest BCUT2D eigenvalue weighted by Gasteiger charge is -2.64. The van der Waals surface area contributed by atoms with Crippen molar-refractivity contribution in [2.75, 3.05) is 6.54 Å². The summed E-state index contributed by atoms with van der Waals surface area (Å²) in [6, 6.07) is 0. The Morgan fingerprint density at radius 2 is 1.59 bits per heavy atom. The first-order valence-electron chi connectivity index (χ1n) is 14.0. The summed E-state index contributed by atoms with van der Waals surface area (Å²) in [7, 11) is -3.35. The van der Waals surface area contributed by atoms with Crippen molar-refractivity contribution in [1.29, 1.82) is 0 Å². The summed E-state index contributed by atoms with van der Waals surface area (Å²) in [4.78, 5) is 0. The predicted molar refractivity (Wildman–Crippen MR) is 138 cm³/mol. The smallest absolute Gasteiger partial charge is 0.216 e. The third-order valence-corrected chi connectivity index (χ3v) is 13.7. The summed E-state index contributed by atoms with van der Waals surface area (Å²) in [5.41, 5.74) is 0.377. The molecule has 0 heterocycles. The van der Waals surface area contributed by atoms with E-state index in [1.807, 2.05) is 0 Å². The number of hydrogen-bond acceptors (Lipinski definition) is 4. The van der Waals surface area contributed by atoms with Crippen molar-refractivity contribution in [2.24, 2.45) is 52.3 Å². The molecule has 0 aliphatic heterocycles. The van der Waals surface area contributed by atoms with Crippen molar-refractivity contribution in [3.63, 3.8) is 0 Å². The van der Waals surface area contributed by atoms with Crippen LogP contribution in [0.4, 0.5) is 0 Å². The van der Waals surface area contributed by atoms with Crippen molar-refractivity contribution < 1.29 is 18.6 Å². The van der Waals surface area contributed by atoms with E-state index in [1.54, 1.807) is 20.8 Å². The molecule has 198 valence electrons. The van der Waals surface area contributed by atoms with Crippen LogP contribution in [0, 0.1) is 52.3 Å². The van der Waals surface area contributed by atoms with Crippen molar-refractivity contribution in [3.8, 4) is 0 Å². The van der Waals surface area contributed by atoms with E-state index in [9.17, 15) is 18.6 Å². The molecule has 11 atom stereocenters. The minimum atomic E-state index is -3.35. The van der Waals surface area contributed by atoms with E-state index in [2.05, 4.69) is 32.4 Å². The molecular weight excluding hydrogens is 446 g/mol. The molecule has 3 N–H and O–H groups in total. The molecule has 4 aliphatic carbocycles. The minimum Gasteiger partial charge on any atom is -0.393 e. The van der Waals surface area contributed by atoms with Crippen LogP contribution in [0.15, 0.2) is 0 Å². The highest BCUT2D eigenvalue weighted by Crippen LogP contribution is 2.69. The summed E-state index contributed by atoms with van der Waals surface area (Å²) in [6.45, 7) is 15.1. The molecule has 0 amide bonds. The summed E-state index contributed by atoms with van der Waals surface area (Å²) >= 11 is 0. The lowest BCUT2D eigenvalue weighted by atomic mass is 9.41. The molecule has 4 aliphatic rings. The Morgan fingerprint density at radius 1 is 0.971 bits per heavy atom. The first-order valence-corrected chi connectivity index (χ1v) is 15.5. The van der Waals surface area contributed by atoms with Gasteiger partial charge < -0.3 is 10.2 Å². The molecule has 0 radical (unpaired) electrons. The van der Waals surface area contributed by atoms with Gasteiger partial charge in [-0.1, -0.05) is 34.1 Å². The van der Waals surface area contributed by atoms with Gasteiger partial charge in [0.05, 0.1) is 17.0 Å². The summed E-state index contributed by atoms with van der Waals surface area (Å²) in [5.74, 6) is 2.83. The van der Waals surface area contributed by atoms with Crippen LogP contribution >= 0.6 is 0 Å². The average molecular weight is 498 g/mol. The molecule has 0 aromatic rings. The Bertz CT molecular complexity index is 853. The summed E-state index contributed by atoms with van der Waals surface area (Å²) in [6.07, 6.45) is 7.94. The Hall–Kier alpha value is -0.170. The number of aliphatic hydroxyl groups excluding tert-OH is 2. The van der Waals surface area contributed by atoms with Gasteiger partial charge >= 0.3 is 0 Å². The van der Waals surface area contributed by atoms with Crippen LogP contribution in [0.3, 0.4) is 0 Å². The monoisotopic (exact) mass is 497 g/mol. The molecule has 34 heavy (non-hydrogen) atoms. The van der Waals surface area contributed by atoms with Gasteiger partial charge in [0.15, 0.2) is 0 Å². The SMILES string of the molecule is CC[C@@H]1C2C[C@H](O)CCC2(C)[C@H]2CCC3(C)[C@@H]([C@H](C)CNS(=O)(=O)C(C)(C)C)CC[C@H]3C2[C@@H]1O. The number of rotatable bonds is 5. The van der Waals surface area contributed by atoms with Gasteiger partial charge in [0.2, 0.25) is 10.0 Å². The summed E-state index contributed by atoms with van der Waals surface area (Å²) < 4.78 is 27.4. The molecule has 4 unspecified atom stereocenters. The normalized spacial score (nSPS) is 48.0. The number of hydrogen-bond donors (Lipinski definition) is 3. The zero-order chi connectivity index (χ0) is 25.3. The number of sulfonamides is 1. The highest BCUT2D eigenvalue weighted by molar-refractivity contribution is 7.90. The van der Waals surface area contributed by atoms with Crippen LogP contribution < -0.4 is 4.72 Å².